The fraction of sp³-hybridized carbons (Fsp3) is 0.500. The first-order chi connectivity index (χ1) is 11.8. The normalized spacial score (nSPS) is 21.2. The summed E-state index contributed by atoms with van der Waals surface area (Å²) in [7, 11) is 0. The lowest BCUT2D eigenvalue weighted by Crippen LogP contribution is -2.46. The van der Waals surface area contributed by atoms with Gasteiger partial charge in [-0.2, -0.15) is 5.10 Å². The number of aliphatic hydroxyl groups is 1. The van der Waals surface area contributed by atoms with Crippen LogP contribution in [-0.2, 0) is 4.74 Å². The predicted octanol–water partition coefficient (Wildman–Crippen LogP) is 2.35. The van der Waals surface area contributed by atoms with Crippen molar-refractivity contribution in [3.63, 3.8) is 0 Å². The van der Waals surface area contributed by atoms with E-state index in [9.17, 15) is 9.90 Å². The molecule has 25 heavy (non-hydrogen) atoms. The zero-order chi connectivity index (χ0) is 18.0. The van der Waals surface area contributed by atoms with Crippen molar-refractivity contribution in [2.24, 2.45) is 0 Å². The van der Waals surface area contributed by atoms with Crippen LogP contribution in [-0.4, -0.2) is 55.7 Å². The number of carbonyl (C=O) groups is 1. The van der Waals surface area contributed by atoms with Crippen LogP contribution in [0.15, 0.2) is 36.8 Å². The third-order valence-electron chi connectivity index (χ3n) is 4.17. The zero-order valence-corrected chi connectivity index (χ0v) is 14.8. The van der Waals surface area contributed by atoms with Crippen LogP contribution in [0.2, 0.25) is 0 Å². The summed E-state index contributed by atoms with van der Waals surface area (Å²) in [6.07, 6.45) is 4.93. The molecule has 0 bridgehead atoms. The maximum Gasteiger partial charge on any atom is 0.410 e. The van der Waals surface area contributed by atoms with E-state index in [1.54, 1.807) is 22.0 Å². The summed E-state index contributed by atoms with van der Waals surface area (Å²) in [6.45, 7) is 6.45. The summed E-state index contributed by atoms with van der Waals surface area (Å²) in [5.41, 5.74) is 0.368. The molecule has 0 aromatic carbocycles. The van der Waals surface area contributed by atoms with Gasteiger partial charge in [0.1, 0.15) is 5.60 Å². The maximum atomic E-state index is 12.3. The van der Waals surface area contributed by atoms with Crippen LogP contribution in [0.1, 0.15) is 38.7 Å². The van der Waals surface area contributed by atoms with Gasteiger partial charge in [-0.25, -0.2) is 14.5 Å². The molecular formula is C18H24N4O3. The fourth-order valence-corrected chi connectivity index (χ4v) is 2.92. The SMILES string of the molecule is CC(C)(C)OC(=O)N1CC[C@H](O)[C@H](c2ccc(-n3cccn3)nc2)C1. The van der Waals surface area contributed by atoms with Gasteiger partial charge in [-0.3, -0.25) is 0 Å². The Morgan fingerprint density at radius 3 is 2.76 bits per heavy atom. The number of hydrogen-bond acceptors (Lipinski definition) is 5. The Labute approximate surface area is 147 Å². The summed E-state index contributed by atoms with van der Waals surface area (Å²) in [5, 5.41) is 14.5. The van der Waals surface area contributed by atoms with Crippen molar-refractivity contribution in [2.75, 3.05) is 13.1 Å². The van der Waals surface area contributed by atoms with Crippen molar-refractivity contribution >= 4 is 6.09 Å². The third kappa shape index (κ3) is 4.17. The Morgan fingerprint density at radius 1 is 1.36 bits per heavy atom. The van der Waals surface area contributed by atoms with E-state index in [-0.39, 0.29) is 12.0 Å². The molecule has 2 aromatic rings. The van der Waals surface area contributed by atoms with Gasteiger partial charge in [0.15, 0.2) is 5.82 Å². The number of carbonyl (C=O) groups excluding carboxylic acids is 1. The molecular weight excluding hydrogens is 320 g/mol. The van der Waals surface area contributed by atoms with Crippen molar-refractivity contribution in [3.05, 3.63) is 42.4 Å². The number of rotatable bonds is 2. The van der Waals surface area contributed by atoms with Gasteiger partial charge in [-0.15, -0.1) is 0 Å². The van der Waals surface area contributed by atoms with Gasteiger partial charge in [0, 0.05) is 37.6 Å². The van der Waals surface area contributed by atoms with Crippen LogP contribution in [0.25, 0.3) is 5.82 Å². The summed E-state index contributed by atoms with van der Waals surface area (Å²) < 4.78 is 7.12. The molecule has 1 aliphatic heterocycles. The van der Waals surface area contributed by atoms with Gasteiger partial charge < -0.3 is 14.7 Å². The van der Waals surface area contributed by atoms with Gasteiger partial charge in [0.05, 0.1) is 6.10 Å². The highest BCUT2D eigenvalue weighted by atomic mass is 16.6. The van der Waals surface area contributed by atoms with Crippen LogP contribution in [0.5, 0.6) is 0 Å². The monoisotopic (exact) mass is 344 g/mol. The molecule has 0 radical (unpaired) electrons. The molecule has 2 aromatic heterocycles. The van der Waals surface area contributed by atoms with E-state index in [0.29, 0.717) is 25.3 Å². The zero-order valence-electron chi connectivity index (χ0n) is 14.8. The molecule has 2 atom stereocenters. The highest BCUT2D eigenvalue weighted by Gasteiger charge is 2.33. The fourth-order valence-electron chi connectivity index (χ4n) is 2.92. The lowest BCUT2D eigenvalue weighted by atomic mass is 9.89. The number of likely N-dealkylation sites (tertiary alicyclic amines) is 1. The van der Waals surface area contributed by atoms with Crippen LogP contribution >= 0.6 is 0 Å². The number of aromatic nitrogens is 3. The smallest absolute Gasteiger partial charge is 0.410 e. The van der Waals surface area contributed by atoms with E-state index in [4.69, 9.17) is 4.74 Å². The number of nitrogens with zero attached hydrogens (tertiary/aromatic N) is 4. The van der Waals surface area contributed by atoms with E-state index in [0.717, 1.165) is 5.56 Å². The molecule has 134 valence electrons. The van der Waals surface area contributed by atoms with Crippen molar-refractivity contribution in [1.82, 2.24) is 19.7 Å². The molecule has 7 heteroatoms. The highest BCUT2D eigenvalue weighted by Crippen LogP contribution is 2.28. The lowest BCUT2D eigenvalue weighted by molar-refractivity contribution is 0.00404. The number of pyridine rings is 1. The van der Waals surface area contributed by atoms with Crippen LogP contribution in [0.3, 0.4) is 0 Å². The number of aliphatic hydroxyl groups excluding tert-OH is 1. The Kier molecular flexibility index (Phi) is 4.76. The molecule has 0 aliphatic carbocycles. The quantitative estimate of drug-likeness (QED) is 0.904. The van der Waals surface area contributed by atoms with Crippen LogP contribution in [0.4, 0.5) is 4.79 Å². The Balaban J connectivity index is 1.73. The second-order valence-electron chi connectivity index (χ2n) is 7.29. The van der Waals surface area contributed by atoms with Gasteiger partial charge in [0.2, 0.25) is 0 Å². The van der Waals surface area contributed by atoms with Crippen LogP contribution < -0.4 is 0 Å². The molecule has 7 nitrogen and oxygen atoms in total. The topological polar surface area (TPSA) is 80.5 Å². The molecule has 1 fully saturated rings. The van der Waals surface area contributed by atoms with Crippen molar-refractivity contribution in [2.45, 2.75) is 44.8 Å². The van der Waals surface area contributed by atoms with Crippen molar-refractivity contribution in [1.29, 1.82) is 0 Å². The maximum absolute atomic E-state index is 12.3. The van der Waals surface area contributed by atoms with Gasteiger partial charge in [-0.1, -0.05) is 6.07 Å². The molecule has 0 unspecified atom stereocenters. The van der Waals surface area contributed by atoms with Gasteiger partial charge in [-0.05, 0) is 44.9 Å². The molecule has 3 rings (SSSR count). The second-order valence-corrected chi connectivity index (χ2v) is 7.29. The number of ether oxygens (including phenoxy) is 1. The molecule has 1 aliphatic rings. The van der Waals surface area contributed by atoms with Gasteiger partial charge in [0.25, 0.3) is 0 Å². The minimum atomic E-state index is -0.532. The minimum absolute atomic E-state index is 0.180. The van der Waals surface area contributed by atoms with Crippen LogP contribution in [0, 0.1) is 0 Å². The first-order valence-electron chi connectivity index (χ1n) is 8.45. The van der Waals surface area contributed by atoms with E-state index in [1.807, 2.05) is 45.2 Å². The largest absolute Gasteiger partial charge is 0.444 e. The molecule has 1 amide bonds. The first-order valence-corrected chi connectivity index (χ1v) is 8.45. The van der Waals surface area contributed by atoms with E-state index in [2.05, 4.69) is 10.1 Å². The second kappa shape index (κ2) is 6.84. The third-order valence-corrected chi connectivity index (χ3v) is 4.17. The summed E-state index contributed by atoms with van der Waals surface area (Å²) >= 11 is 0. The Bertz CT molecular complexity index is 707. The Hall–Kier alpha value is -2.41. The highest BCUT2D eigenvalue weighted by molar-refractivity contribution is 5.68. The first kappa shape index (κ1) is 17.4. The van der Waals surface area contributed by atoms with Crippen molar-refractivity contribution in [3.8, 4) is 5.82 Å². The van der Waals surface area contributed by atoms with E-state index in [1.165, 1.54) is 0 Å². The molecule has 3 heterocycles. The summed E-state index contributed by atoms with van der Waals surface area (Å²) in [5.74, 6) is 0.531. The van der Waals surface area contributed by atoms with E-state index >= 15 is 0 Å². The van der Waals surface area contributed by atoms with Gasteiger partial charge >= 0.3 is 6.09 Å². The standard InChI is InChI=1S/C18H24N4O3/c1-18(2,3)25-17(24)21-10-7-15(23)14(12-21)13-5-6-16(19-11-13)22-9-4-8-20-22/h4-6,8-9,11,14-15,23H,7,10,12H2,1-3H3/t14-,15-/m0/s1. The Morgan fingerprint density at radius 2 is 2.16 bits per heavy atom. The molecule has 0 saturated carbocycles. The average Bonchev–Trinajstić information content (AvgIpc) is 3.08. The minimum Gasteiger partial charge on any atom is -0.444 e. The number of amides is 1. The van der Waals surface area contributed by atoms with E-state index < -0.39 is 11.7 Å². The van der Waals surface area contributed by atoms with Crippen molar-refractivity contribution < 1.29 is 14.6 Å². The predicted molar refractivity (Wildman–Crippen MR) is 92.5 cm³/mol. The number of hydrogen-bond donors (Lipinski definition) is 1. The summed E-state index contributed by atoms with van der Waals surface area (Å²) in [6, 6.07) is 5.62. The molecule has 1 N–H and O–H groups in total. The lowest BCUT2D eigenvalue weighted by Gasteiger charge is -2.37. The molecule has 1 saturated heterocycles. The summed E-state index contributed by atoms with van der Waals surface area (Å²) in [4.78, 5) is 18.4. The number of piperidine rings is 1. The molecule has 0 spiro atoms. The average molecular weight is 344 g/mol.